The largest absolute Gasteiger partial charge is 0.481 e. The summed E-state index contributed by atoms with van der Waals surface area (Å²) in [5.41, 5.74) is 3.78. The molecular weight excluding hydrogens is 388 g/mol. The number of benzene rings is 2. The number of rotatable bonds is 8. The van der Waals surface area contributed by atoms with Gasteiger partial charge in [-0.3, -0.25) is 9.69 Å². The van der Waals surface area contributed by atoms with Crippen molar-refractivity contribution in [3.63, 3.8) is 0 Å². The maximum atomic E-state index is 12.5. The first kappa shape index (κ1) is 20.9. The summed E-state index contributed by atoms with van der Waals surface area (Å²) in [6.07, 6.45) is 3.91. The van der Waals surface area contributed by atoms with E-state index in [1.54, 1.807) is 19.3 Å². The molecule has 0 spiro atoms. The number of amides is 1. The molecule has 31 heavy (non-hydrogen) atoms. The summed E-state index contributed by atoms with van der Waals surface area (Å²) in [5.74, 6) is 1.23. The van der Waals surface area contributed by atoms with Crippen LogP contribution in [0, 0.1) is 0 Å². The van der Waals surface area contributed by atoms with E-state index >= 15 is 0 Å². The van der Waals surface area contributed by atoms with Gasteiger partial charge in [0.1, 0.15) is 11.5 Å². The number of carbonyl (C=O) groups excluding carboxylic acids is 1. The van der Waals surface area contributed by atoms with Crippen LogP contribution in [-0.4, -0.2) is 30.0 Å². The first-order chi connectivity index (χ1) is 15.2. The van der Waals surface area contributed by atoms with E-state index in [1.165, 1.54) is 16.7 Å². The molecule has 160 valence electrons. The van der Waals surface area contributed by atoms with Gasteiger partial charge in [-0.25, -0.2) is 0 Å². The van der Waals surface area contributed by atoms with E-state index in [2.05, 4.69) is 53.2 Å². The Morgan fingerprint density at radius 2 is 2.10 bits per heavy atom. The molecular formula is C26H28N2O3. The van der Waals surface area contributed by atoms with Gasteiger partial charge in [0.25, 0.3) is 5.91 Å². The van der Waals surface area contributed by atoms with E-state index in [0.717, 1.165) is 19.5 Å². The summed E-state index contributed by atoms with van der Waals surface area (Å²) < 4.78 is 11.3. The van der Waals surface area contributed by atoms with Crippen LogP contribution >= 0.6 is 0 Å². The quantitative estimate of drug-likeness (QED) is 0.550. The van der Waals surface area contributed by atoms with Crippen LogP contribution in [0.2, 0.25) is 0 Å². The lowest BCUT2D eigenvalue weighted by atomic mass is 9.88. The van der Waals surface area contributed by atoms with E-state index in [1.807, 2.05) is 24.3 Å². The highest BCUT2D eigenvalue weighted by molar-refractivity contribution is 5.80. The molecule has 5 heteroatoms. The number of fused-ring (bicyclic) bond motifs is 1. The molecule has 3 aromatic rings. The molecule has 1 aliphatic heterocycles. The first-order valence-corrected chi connectivity index (χ1v) is 10.6. The molecule has 0 fully saturated rings. The monoisotopic (exact) mass is 416 g/mol. The third kappa shape index (κ3) is 4.89. The van der Waals surface area contributed by atoms with Gasteiger partial charge in [-0.2, -0.15) is 0 Å². The van der Waals surface area contributed by atoms with Gasteiger partial charge in [0.15, 0.2) is 6.10 Å². The van der Waals surface area contributed by atoms with Crippen LogP contribution in [0.5, 0.6) is 5.75 Å². The number of hydrogen-bond acceptors (Lipinski definition) is 4. The van der Waals surface area contributed by atoms with Crippen molar-refractivity contribution >= 4 is 5.91 Å². The Labute approximate surface area is 183 Å². The van der Waals surface area contributed by atoms with Crippen LogP contribution in [0.4, 0.5) is 0 Å². The molecule has 0 saturated heterocycles. The van der Waals surface area contributed by atoms with Crippen molar-refractivity contribution in [2.75, 3.05) is 13.1 Å². The van der Waals surface area contributed by atoms with Crippen molar-refractivity contribution in [2.24, 2.45) is 0 Å². The molecule has 1 amide bonds. The molecule has 0 radical (unpaired) electrons. The molecule has 1 aliphatic rings. The third-order valence-electron chi connectivity index (χ3n) is 5.62. The predicted molar refractivity (Wildman–Crippen MR) is 121 cm³/mol. The van der Waals surface area contributed by atoms with Crippen LogP contribution < -0.4 is 10.1 Å². The van der Waals surface area contributed by atoms with Gasteiger partial charge < -0.3 is 14.5 Å². The van der Waals surface area contributed by atoms with Crippen LogP contribution in [0.1, 0.15) is 35.4 Å². The Bertz CT molecular complexity index is 1010. The maximum Gasteiger partial charge on any atom is 0.261 e. The van der Waals surface area contributed by atoms with Gasteiger partial charge >= 0.3 is 0 Å². The molecule has 2 aromatic carbocycles. The molecule has 1 N–H and O–H groups in total. The molecule has 0 unspecified atom stereocenters. The SMILES string of the molecule is C=CCN1CCc2ccc(O[C@@H](C)C(=O)NCc3ccco3)cc2[C@@H]1c1ccccc1. The van der Waals surface area contributed by atoms with Crippen molar-refractivity contribution < 1.29 is 13.9 Å². The number of nitrogens with zero attached hydrogens (tertiary/aromatic N) is 1. The Morgan fingerprint density at radius 1 is 1.26 bits per heavy atom. The third-order valence-corrected chi connectivity index (χ3v) is 5.62. The number of furan rings is 1. The molecule has 2 atom stereocenters. The molecule has 1 aromatic heterocycles. The lowest BCUT2D eigenvalue weighted by Crippen LogP contribution is -2.37. The maximum absolute atomic E-state index is 12.5. The zero-order valence-electron chi connectivity index (χ0n) is 17.8. The Balaban J connectivity index is 1.53. The van der Waals surface area contributed by atoms with Crippen molar-refractivity contribution in [3.05, 3.63) is 102 Å². The summed E-state index contributed by atoms with van der Waals surface area (Å²) in [7, 11) is 0. The zero-order chi connectivity index (χ0) is 21.6. The lowest BCUT2D eigenvalue weighted by molar-refractivity contribution is -0.127. The highest BCUT2D eigenvalue weighted by Gasteiger charge is 2.28. The summed E-state index contributed by atoms with van der Waals surface area (Å²) in [6, 6.07) is 20.4. The summed E-state index contributed by atoms with van der Waals surface area (Å²) >= 11 is 0. The van der Waals surface area contributed by atoms with Crippen LogP contribution in [0.3, 0.4) is 0 Å². The Hall–Kier alpha value is -3.31. The Kier molecular flexibility index (Phi) is 6.53. The predicted octanol–water partition coefficient (Wildman–Crippen LogP) is 4.50. The number of hydrogen-bond donors (Lipinski definition) is 1. The standard InChI is InChI=1S/C26H28N2O3/c1-3-14-28-15-13-20-11-12-22(17-24(20)25(28)21-8-5-4-6-9-21)31-19(2)26(29)27-18-23-10-7-16-30-23/h3-12,16-17,19,25H,1,13-15,18H2,2H3,(H,27,29)/t19-,25-/m0/s1. The van der Waals surface area contributed by atoms with E-state index in [9.17, 15) is 4.79 Å². The average molecular weight is 417 g/mol. The van der Waals surface area contributed by atoms with Crippen LogP contribution in [0.25, 0.3) is 0 Å². The minimum Gasteiger partial charge on any atom is -0.481 e. The molecule has 5 nitrogen and oxygen atoms in total. The topological polar surface area (TPSA) is 54.7 Å². The van der Waals surface area contributed by atoms with Crippen molar-refractivity contribution in [1.82, 2.24) is 10.2 Å². The fourth-order valence-corrected chi connectivity index (χ4v) is 4.10. The van der Waals surface area contributed by atoms with Crippen molar-refractivity contribution in [2.45, 2.75) is 32.0 Å². The molecule has 0 saturated carbocycles. The van der Waals surface area contributed by atoms with Crippen molar-refractivity contribution in [1.29, 1.82) is 0 Å². The van der Waals surface area contributed by atoms with Gasteiger partial charge in [-0.05, 0) is 54.3 Å². The zero-order valence-corrected chi connectivity index (χ0v) is 17.8. The minimum absolute atomic E-state index is 0.134. The molecule has 4 rings (SSSR count). The second-order valence-corrected chi connectivity index (χ2v) is 7.76. The second kappa shape index (κ2) is 9.67. The molecule has 0 bridgehead atoms. The van der Waals surface area contributed by atoms with Gasteiger partial charge in [0.2, 0.25) is 0 Å². The highest BCUT2D eigenvalue weighted by Crippen LogP contribution is 2.37. The fraction of sp³-hybridized carbons (Fsp3) is 0.269. The number of ether oxygens (including phenoxy) is 1. The lowest BCUT2D eigenvalue weighted by Gasteiger charge is -2.37. The summed E-state index contributed by atoms with van der Waals surface area (Å²) in [6.45, 7) is 7.83. The molecule has 2 heterocycles. The van der Waals surface area contributed by atoms with E-state index < -0.39 is 6.10 Å². The number of nitrogens with one attached hydrogen (secondary N) is 1. The minimum atomic E-state index is -0.615. The van der Waals surface area contributed by atoms with Crippen LogP contribution in [0.15, 0.2) is 84.0 Å². The smallest absolute Gasteiger partial charge is 0.261 e. The van der Waals surface area contributed by atoms with Crippen LogP contribution in [-0.2, 0) is 17.8 Å². The first-order valence-electron chi connectivity index (χ1n) is 10.6. The van der Waals surface area contributed by atoms with Gasteiger partial charge in [-0.15, -0.1) is 6.58 Å². The van der Waals surface area contributed by atoms with Gasteiger partial charge in [0.05, 0.1) is 18.8 Å². The fourth-order valence-electron chi connectivity index (χ4n) is 4.10. The highest BCUT2D eigenvalue weighted by atomic mass is 16.5. The Morgan fingerprint density at radius 3 is 2.84 bits per heavy atom. The average Bonchev–Trinajstić information content (AvgIpc) is 3.31. The van der Waals surface area contributed by atoms with E-state index in [4.69, 9.17) is 9.15 Å². The van der Waals surface area contributed by atoms with Gasteiger partial charge in [0, 0.05) is 13.1 Å². The molecule has 0 aliphatic carbocycles. The van der Waals surface area contributed by atoms with Crippen molar-refractivity contribution in [3.8, 4) is 5.75 Å². The number of carbonyl (C=O) groups is 1. The van der Waals surface area contributed by atoms with Gasteiger partial charge in [-0.1, -0.05) is 42.5 Å². The summed E-state index contributed by atoms with van der Waals surface area (Å²) in [5, 5.41) is 2.85. The normalized spacial score (nSPS) is 16.9. The summed E-state index contributed by atoms with van der Waals surface area (Å²) in [4.78, 5) is 14.9. The van der Waals surface area contributed by atoms with E-state index in [-0.39, 0.29) is 11.9 Å². The van der Waals surface area contributed by atoms with E-state index in [0.29, 0.717) is 18.1 Å². The second-order valence-electron chi connectivity index (χ2n) is 7.76.